The van der Waals surface area contributed by atoms with Gasteiger partial charge in [-0.05, 0) is 56.3 Å². The van der Waals surface area contributed by atoms with Gasteiger partial charge < -0.3 is 10.1 Å². The largest absolute Gasteiger partial charge is 0.439 e. The van der Waals surface area contributed by atoms with Crippen LogP contribution in [0.2, 0.25) is 0 Å². The molecule has 4 rings (SSSR count). The number of alkyl halides is 2. The van der Waals surface area contributed by atoms with Crippen molar-refractivity contribution < 1.29 is 18.3 Å². The molecule has 1 N–H and O–H groups in total. The molecule has 0 bridgehead atoms. The van der Waals surface area contributed by atoms with Crippen molar-refractivity contribution in [1.82, 2.24) is 19.7 Å². The number of nitrogens with zero attached hydrogens (tertiary/aromatic N) is 4. The SMILES string of the molecule is Cc1cc(C)n(-c2cc(Oc3ccc(NC(=O)c4ccccc4SC(F)F)cc3)ncn2)n1. The molecule has 0 atom stereocenters. The molecule has 0 aliphatic heterocycles. The number of thioether (sulfide) groups is 1. The first kappa shape index (κ1) is 22.4. The molecule has 2 heterocycles. The van der Waals surface area contributed by atoms with Crippen LogP contribution >= 0.6 is 11.8 Å². The summed E-state index contributed by atoms with van der Waals surface area (Å²) in [7, 11) is 0. The fraction of sp³-hybridized carbons (Fsp3) is 0.130. The molecule has 0 saturated carbocycles. The number of benzene rings is 2. The number of nitrogens with one attached hydrogen (secondary N) is 1. The molecule has 1 amide bonds. The number of carbonyl (C=O) groups excluding carboxylic acids is 1. The van der Waals surface area contributed by atoms with Gasteiger partial charge in [0.25, 0.3) is 11.7 Å². The van der Waals surface area contributed by atoms with Gasteiger partial charge in [-0.25, -0.2) is 14.6 Å². The fourth-order valence-corrected chi connectivity index (χ4v) is 3.78. The first-order valence-corrected chi connectivity index (χ1v) is 10.8. The Hall–Kier alpha value is -3.79. The van der Waals surface area contributed by atoms with Gasteiger partial charge in [-0.1, -0.05) is 23.9 Å². The van der Waals surface area contributed by atoms with Crippen LogP contribution in [0.1, 0.15) is 21.7 Å². The van der Waals surface area contributed by atoms with E-state index in [0.29, 0.717) is 34.9 Å². The van der Waals surface area contributed by atoms with E-state index >= 15 is 0 Å². The van der Waals surface area contributed by atoms with Crippen LogP contribution in [0.4, 0.5) is 14.5 Å². The van der Waals surface area contributed by atoms with E-state index in [-0.39, 0.29) is 10.5 Å². The topological polar surface area (TPSA) is 81.9 Å². The Balaban J connectivity index is 1.45. The van der Waals surface area contributed by atoms with Gasteiger partial charge in [0.2, 0.25) is 5.88 Å². The highest BCUT2D eigenvalue weighted by Crippen LogP contribution is 2.29. The minimum Gasteiger partial charge on any atom is -0.439 e. The summed E-state index contributed by atoms with van der Waals surface area (Å²) in [6, 6.07) is 16.5. The average molecular weight is 468 g/mol. The number of hydrogen-bond acceptors (Lipinski definition) is 6. The minimum absolute atomic E-state index is 0.181. The second-order valence-electron chi connectivity index (χ2n) is 7.01. The summed E-state index contributed by atoms with van der Waals surface area (Å²) in [5, 5.41) is 7.11. The summed E-state index contributed by atoms with van der Waals surface area (Å²) in [6.07, 6.45) is 1.39. The zero-order valence-electron chi connectivity index (χ0n) is 17.7. The van der Waals surface area contributed by atoms with Crippen LogP contribution in [0, 0.1) is 13.8 Å². The van der Waals surface area contributed by atoms with Crippen molar-refractivity contribution in [3.8, 4) is 17.4 Å². The smallest absolute Gasteiger partial charge is 0.288 e. The van der Waals surface area contributed by atoms with Crippen LogP contribution in [0.25, 0.3) is 5.82 Å². The molecule has 0 unspecified atom stereocenters. The quantitative estimate of drug-likeness (QED) is 0.354. The van der Waals surface area contributed by atoms with Gasteiger partial charge in [0, 0.05) is 22.3 Å². The molecule has 4 aromatic rings. The lowest BCUT2D eigenvalue weighted by atomic mass is 10.2. The molecular weight excluding hydrogens is 448 g/mol. The Morgan fingerprint density at radius 3 is 2.52 bits per heavy atom. The Morgan fingerprint density at radius 2 is 1.82 bits per heavy atom. The van der Waals surface area contributed by atoms with Crippen molar-refractivity contribution in [2.24, 2.45) is 0 Å². The third-order valence-electron chi connectivity index (χ3n) is 4.54. The second kappa shape index (κ2) is 9.78. The van der Waals surface area contributed by atoms with Crippen LogP contribution in [0.15, 0.2) is 71.9 Å². The molecule has 2 aromatic carbocycles. The second-order valence-corrected chi connectivity index (χ2v) is 8.04. The Labute approximate surface area is 192 Å². The van der Waals surface area contributed by atoms with Crippen LogP contribution in [-0.4, -0.2) is 31.4 Å². The first-order valence-electron chi connectivity index (χ1n) is 9.88. The van der Waals surface area contributed by atoms with Gasteiger partial charge in [-0.3, -0.25) is 4.79 Å². The average Bonchev–Trinajstić information content (AvgIpc) is 3.13. The molecule has 0 aliphatic rings. The minimum atomic E-state index is -2.61. The number of halogens is 2. The number of carbonyl (C=O) groups is 1. The Bertz CT molecular complexity index is 1280. The lowest BCUT2D eigenvalue weighted by Crippen LogP contribution is -2.13. The zero-order valence-corrected chi connectivity index (χ0v) is 18.5. The molecule has 0 saturated heterocycles. The number of ether oxygens (including phenoxy) is 1. The highest BCUT2D eigenvalue weighted by atomic mass is 32.2. The third-order valence-corrected chi connectivity index (χ3v) is 5.32. The molecule has 0 radical (unpaired) electrons. The standard InChI is InChI=1S/C23H19F2N5O2S/c1-14-11-15(2)30(29-14)20-12-21(27-13-26-20)32-17-9-7-16(8-10-17)28-22(31)18-5-3-4-6-19(18)33-23(24)25/h3-13,23H,1-2H3,(H,28,31). The van der Waals surface area contributed by atoms with Crippen LogP contribution in [0.3, 0.4) is 0 Å². The Kier molecular flexibility index (Phi) is 6.64. The van der Waals surface area contributed by atoms with Gasteiger partial charge in [-0.15, -0.1) is 0 Å². The van der Waals surface area contributed by atoms with E-state index < -0.39 is 11.7 Å². The number of hydrogen-bond donors (Lipinski definition) is 1. The van der Waals surface area contributed by atoms with Gasteiger partial charge in [0.15, 0.2) is 5.82 Å². The lowest BCUT2D eigenvalue weighted by Gasteiger charge is -2.10. The molecule has 0 spiro atoms. The van der Waals surface area contributed by atoms with Crippen molar-refractivity contribution >= 4 is 23.4 Å². The van der Waals surface area contributed by atoms with E-state index in [9.17, 15) is 13.6 Å². The van der Waals surface area contributed by atoms with Gasteiger partial charge in [0.1, 0.15) is 12.1 Å². The maximum Gasteiger partial charge on any atom is 0.288 e. The van der Waals surface area contributed by atoms with Gasteiger partial charge >= 0.3 is 0 Å². The van der Waals surface area contributed by atoms with E-state index in [1.165, 1.54) is 18.5 Å². The van der Waals surface area contributed by atoms with E-state index in [1.54, 1.807) is 47.1 Å². The Morgan fingerprint density at radius 1 is 1.06 bits per heavy atom. The van der Waals surface area contributed by atoms with Crippen LogP contribution in [0.5, 0.6) is 11.6 Å². The normalized spacial score (nSPS) is 10.9. The zero-order chi connectivity index (χ0) is 23.4. The molecule has 2 aromatic heterocycles. The summed E-state index contributed by atoms with van der Waals surface area (Å²) < 4.78 is 33.0. The molecule has 33 heavy (non-hydrogen) atoms. The van der Waals surface area contributed by atoms with Gasteiger partial charge in [0.05, 0.1) is 11.3 Å². The van der Waals surface area contributed by atoms with Crippen molar-refractivity contribution in [1.29, 1.82) is 0 Å². The lowest BCUT2D eigenvalue weighted by molar-refractivity contribution is 0.102. The summed E-state index contributed by atoms with van der Waals surface area (Å²) in [4.78, 5) is 21.2. The van der Waals surface area contributed by atoms with E-state index in [2.05, 4.69) is 20.4 Å². The van der Waals surface area contributed by atoms with E-state index in [4.69, 9.17) is 4.74 Å². The molecule has 0 aliphatic carbocycles. The van der Waals surface area contributed by atoms with Crippen LogP contribution < -0.4 is 10.1 Å². The monoisotopic (exact) mass is 467 g/mol. The number of amides is 1. The fourth-order valence-electron chi connectivity index (χ4n) is 3.14. The third kappa shape index (κ3) is 5.53. The summed E-state index contributed by atoms with van der Waals surface area (Å²) in [5.74, 6) is -1.67. The maximum absolute atomic E-state index is 12.8. The van der Waals surface area contributed by atoms with Crippen molar-refractivity contribution in [3.63, 3.8) is 0 Å². The molecule has 168 valence electrons. The van der Waals surface area contributed by atoms with E-state index in [0.717, 1.165) is 11.4 Å². The molecule has 10 heteroatoms. The number of anilines is 1. The van der Waals surface area contributed by atoms with Crippen LogP contribution in [-0.2, 0) is 0 Å². The molecule has 0 fully saturated rings. The van der Waals surface area contributed by atoms with Gasteiger partial charge in [-0.2, -0.15) is 13.9 Å². The summed E-state index contributed by atoms with van der Waals surface area (Å²) in [5.41, 5.74) is 2.49. The van der Waals surface area contributed by atoms with E-state index in [1.807, 2.05) is 19.9 Å². The highest BCUT2D eigenvalue weighted by molar-refractivity contribution is 7.99. The van der Waals surface area contributed by atoms with Crippen molar-refractivity contribution in [2.75, 3.05) is 5.32 Å². The molecule has 7 nitrogen and oxygen atoms in total. The molecular formula is C23H19F2N5O2S. The first-order chi connectivity index (χ1) is 15.9. The number of aromatic nitrogens is 4. The number of rotatable bonds is 7. The number of aryl methyl sites for hydroxylation is 2. The van der Waals surface area contributed by atoms with Crippen molar-refractivity contribution in [2.45, 2.75) is 24.5 Å². The predicted molar refractivity (Wildman–Crippen MR) is 121 cm³/mol. The maximum atomic E-state index is 12.8. The highest BCUT2D eigenvalue weighted by Gasteiger charge is 2.15. The predicted octanol–water partition coefficient (Wildman–Crippen LogP) is 5.64. The van der Waals surface area contributed by atoms with Crippen molar-refractivity contribution in [3.05, 3.63) is 83.9 Å². The summed E-state index contributed by atoms with van der Waals surface area (Å²) in [6.45, 7) is 3.83. The summed E-state index contributed by atoms with van der Waals surface area (Å²) >= 11 is 0.337.